The van der Waals surface area contributed by atoms with Crippen LogP contribution in [0.1, 0.15) is 11.1 Å². The summed E-state index contributed by atoms with van der Waals surface area (Å²) < 4.78 is 1.17. The molecule has 0 aliphatic carbocycles. The summed E-state index contributed by atoms with van der Waals surface area (Å²) in [4.78, 5) is 0. The Labute approximate surface area is 114 Å². The lowest BCUT2D eigenvalue weighted by Gasteiger charge is -2.09. The Morgan fingerprint density at radius 2 is 2.00 bits per heavy atom. The summed E-state index contributed by atoms with van der Waals surface area (Å²) >= 11 is 2.27. The van der Waals surface area contributed by atoms with Crippen LogP contribution in [0.2, 0.25) is 0 Å². The zero-order chi connectivity index (χ0) is 12.3. The van der Waals surface area contributed by atoms with Gasteiger partial charge < -0.3 is 5.32 Å². The van der Waals surface area contributed by atoms with Gasteiger partial charge in [-0.05, 0) is 65.4 Å². The quantitative estimate of drug-likeness (QED) is 0.835. The van der Waals surface area contributed by atoms with E-state index in [1.54, 1.807) is 0 Å². The van der Waals surface area contributed by atoms with Crippen LogP contribution in [-0.2, 0) is 0 Å². The molecule has 2 aromatic carbocycles. The van der Waals surface area contributed by atoms with E-state index >= 15 is 0 Å². The fourth-order valence-electron chi connectivity index (χ4n) is 1.58. The number of benzene rings is 2. The van der Waals surface area contributed by atoms with E-state index in [9.17, 15) is 0 Å². The molecular formula is C14H11IN2. The van der Waals surface area contributed by atoms with Gasteiger partial charge in [0.2, 0.25) is 0 Å². The molecule has 17 heavy (non-hydrogen) atoms. The van der Waals surface area contributed by atoms with Crippen LogP contribution in [0.25, 0.3) is 0 Å². The molecule has 2 rings (SSSR count). The van der Waals surface area contributed by atoms with Crippen molar-refractivity contribution in [1.82, 2.24) is 0 Å². The van der Waals surface area contributed by atoms with E-state index in [2.05, 4.69) is 34.0 Å². The third-order valence-corrected chi connectivity index (χ3v) is 3.07. The monoisotopic (exact) mass is 334 g/mol. The zero-order valence-electron chi connectivity index (χ0n) is 9.37. The second-order valence-electron chi connectivity index (χ2n) is 3.80. The molecule has 0 bridgehead atoms. The van der Waals surface area contributed by atoms with Gasteiger partial charge in [-0.15, -0.1) is 0 Å². The van der Waals surface area contributed by atoms with Crippen LogP contribution in [0.5, 0.6) is 0 Å². The molecule has 3 heteroatoms. The Bertz CT molecular complexity index is 585. The van der Waals surface area contributed by atoms with Gasteiger partial charge in [-0.1, -0.05) is 12.1 Å². The lowest BCUT2D eigenvalue weighted by molar-refractivity contribution is 1.41. The molecule has 0 radical (unpaired) electrons. The molecule has 0 saturated carbocycles. The highest BCUT2D eigenvalue weighted by Gasteiger charge is 2.02. The van der Waals surface area contributed by atoms with Crippen molar-refractivity contribution in [3.05, 3.63) is 57.2 Å². The molecule has 0 spiro atoms. The highest BCUT2D eigenvalue weighted by molar-refractivity contribution is 14.1. The third kappa shape index (κ3) is 2.98. The number of nitrogens with zero attached hydrogens (tertiary/aromatic N) is 1. The van der Waals surface area contributed by atoms with Crippen molar-refractivity contribution in [2.24, 2.45) is 0 Å². The number of rotatable bonds is 2. The SMILES string of the molecule is Cc1ccc(C#N)c(Nc2cccc(I)c2)c1. The third-order valence-electron chi connectivity index (χ3n) is 2.40. The van der Waals surface area contributed by atoms with Gasteiger partial charge in [-0.3, -0.25) is 0 Å². The van der Waals surface area contributed by atoms with Crippen molar-refractivity contribution >= 4 is 34.0 Å². The molecule has 0 unspecified atom stereocenters. The number of anilines is 2. The molecule has 0 aromatic heterocycles. The van der Waals surface area contributed by atoms with Crippen LogP contribution in [0.15, 0.2) is 42.5 Å². The summed E-state index contributed by atoms with van der Waals surface area (Å²) in [5, 5.41) is 12.3. The van der Waals surface area contributed by atoms with E-state index in [1.807, 2.05) is 49.4 Å². The molecule has 0 aliphatic rings. The summed E-state index contributed by atoms with van der Waals surface area (Å²) in [5.74, 6) is 0. The second kappa shape index (κ2) is 5.19. The lowest BCUT2D eigenvalue weighted by Crippen LogP contribution is -1.94. The molecule has 0 heterocycles. The lowest BCUT2D eigenvalue weighted by atomic mass is 10.1. The molecular weight excluding hydrogens is 323 g/mol. The normalized spacial score (nSPS) is 9.71. The Morgan fingerprint density at radius 1 is 1.18 bits per heavy atom. The average molecular weight is 334 g/mol. The van der Waals surface area contributed by atoms with Gasteiger partial charge in [0.25, 0.3) is 0 Å². The van der Waals surface area contributed by atoms with Gasteiger partial charge in [0.15, 0.2) is 0 Å². The second-order valence-corrected chi connectivity index (χ2v) is 5.04. The van der Waals surface area contributed by atoms with Crippen LogP contribution in [0.4, 0.5) is 11.4 Å². The van der Waals surface area contributed by atoms with E-state index < -0.39 is 0 Å². The molecule has 84 valence electrons. The molecule has 0 fully saturated rings. The van der Waals surface area contributed by atoms with E-state index in [-0.39, 0.29) is 0 Å². The summed E-state index contributed by atoms with van der Waals surface area (Å²) in [6, 6.07) is 16.0. The standard InChI is InChI=1S/C14H11IN2/c1-10-5-6-11(9-16)14(7-10)17-13-4-2-3-12(15)8-13/h2-8,17H,1H3. The van der Waals surface area contributed by atoms with Gasteiger partial charge in [0.1, 0.15) is 6.07 Å². The number of nitriles is 1. The average Bonchev–Trinajstić information content (AvgIpc) is 2.29. The highest BCUT2D eigenvalue weighted by atomic mass is 127. The highest BCUT2D eigenvalue weighted by Crippen LogP contribution is 2.22. The van der Waals surface area contributed by atoms with E-state index in [1.165, 1.54) is 3.57 Å². The van der Waals surface area contributed by atoms with Gasteiger partial charge in [0, 0.05) is 9.26 Å². The van der Waals surface area contributed by atoms with E-state index in [0.717, 1.165) is 16.9 Å². The first-order chi connectivity index (χ1) is 8.19. The number of hydrogen-bond donors (Lipinski definition) is 1. The Hall–Kier alpha value is -1.54. The van der Waals surface area contributed by atoms with Crippen LogP contribution >= 0.6 is 22.6 Å². The first-order valence-corrected chi connectivity index (χ1v) is 6.30. The van der Waals surface area contributed by atoms with Gasteiger partial charge >= 0.3 is 0 Å². The van der Waals surface area contributed by atoms with Crippen molar-refractivity contribution < 1.29 is 0 Å². The van der Waals surface area contributed by atoms with Crippen molar-refractivity contribution in [2.75, 3.05) is 5.32 Å². The molecule has 1 N–H and O–H groups in total. The molecule has 0 aliphatic heterocycles. The largest absolute Gasteiger partial charge is 0.354 e. The smallest absolute Gasteiger partial charge is 0.101 e. The van der Waals surface area contributed by atoms with Crippen LogP contribution in [0, 0.1) is 21.8 Å². The minimum absolute atomic E-state index is 0.662. The number of halogens is 1. The van der Waals surface area contributed by atoms with Crippen molar-refractivity contribution in [1.29, 1.82) is 5.26 Å². The first kappa shape index (κ1) is 11.9. The topological polar surface area (TPSA) is 35.8 Å². The molecule has 0 saturated heterocycles. The fraction of sp³-hybridized carbons (Fsp3) is 0.0714. The first-order valence-electron chi connectivity index (χ1n) is 5.22. The van der Waals surface area contributed by atoms with Gasteiger partial charge in [0.05, 0.1) is 11.3 Å². The maximum atomic E-state index is 9.05. The molecule has 0 atom stereocenters. The predicted molar refractivity (Wildman–Crippen MR) is 78.3 cm³/mol. The summed E-state index contributed by atoms with van der Waals surface area (Å²) in [5.41, 5.74) is 3.65. The van der Waals surface area contributed by atoms with Crippen molar-refractivity contribution in [2.45, 2.75) is 6.92 Å². The Balaban J connectivity index is 2.36. The minimum atomic E-state index is 0.662. The predicted octanol–water partition coefficient (Wildman–Crippen LogP) is 4.21. The summed E-state index contributed by atoms with van der Waals surface area (Å²) in [6.45, 7) is 2.01. The van der Waals surface area contributed by atoms with E-state index in [0.29, 0.717) is 5.56 Å². The number of aryl methyl sites for hydroxylation is 1. The number of hydrogen-bond acceptors (Lipinski definition) is 2. The van der Waals surface area contributed by atoms with Crippen molar-refractivity contribution in [3.8, 4) is 6.07 Å². The maximum absolute atomic E-state index is 9.05. The minimum Gasteiger partial charge on any atom is -0.354 e. The van der Waals surface area contributed by atoms with E-state index in [4.69, 9.17) is 5.26 Å². The summed E-state index contributed by atoms with van der Waals surface area (Å²) in [6.07, 6.45) is 0. The molecule has 0 amide bonds. The maximum Gasteiger partial charge on any atom is 0.101 e. The fourth-order valence-corrected chi connectivity index (χ4v) is 2.12. The van der Waals surface area contributed by atoms with Gasteiger partial charge in [-0.2, -0.15) is 5.26 Å². The van der Waals surface area contributed by atoms with Crippen LogP contribution in [0.3, 0.4) is 0 Å². The Morgan fingerprint density at radius 3 is 2.71 bits per heavy atom. The van der Waals surface area contributed by atoms with Gasteiger partial charge in [-0.25, -0.2) is 0 Å². The van der Waals surface area contributed by atoms with Crippen molar-refractivity contribution in [3.63, 3.8) is 0 Å². The zero-order valence-corrected chi connectivity index (χ0v) is 11.5. The molecule has 2 nitrogen and oxygen atoms in total. The summed E-state index contributed by atoms with van der Waals surface area (Å²) in [7, 11) is 0. The van der Waals surface area contributed by atoms with Crippen LogP contribution in [-0.4, -0.2) is 0 Å². The Kier molecular flexibility index (Phi) is 3.64. The number of nitrogens with one attached hydrogen (secondary N) is 1. The molecule has 2 aromatic rings. The van der Waals surface area contributed by atoms with Crippen LogP contribution < -0.4 is 5.32 Å².